The Bertz CT molecular complexity index is 354. The van der Waals surface area contributed by atoms with Crippen molar-refractivity contribution in [1.82, 2.24) is 5.32 Å². The van der Waals surface area contributed by atoms with Gasteiger partial charge in [-0.15, -0.1) is 0 Å². The molecule has 2 rings (SSSR count). The summed E-state index contributed by atoms with van der Waals surface area (Å²) in [5, 5.41) is 12.4. The van der Waals surface area contributed by atoms with E-state index in [4.69, 9.17) is 0 Å². The molecule has 0 fully saturated rings. The number of fused-ring (bicyclic) bond motifs is 1. The fraction of sp³-hybridized carbons (Fsp3) is 0.571. The number of aryl methyl sites for hydroxylation is 1. The molecule has 1 aliphatic heterocycles. The second-order valence-corrected chi connectivity index (χ2v) is 4.63. The summed E-state index contributed by atoms with van der Waals surface area (Å²) >= 11 is 0. The summed E-state index contributed by atoms with van der Waals surface area (Å²) in [5.74, 6) is 0. The molecule has 2 N–H and O–H groups in total. The van der Waals surface area contributed by atoms with E-state index in [-0.39, 0.29) is 6.61 Å². The minimum atomic E-state index is 0.227. The predicted molar refractivity (Wildman–Crippen MR) is 71.5 cm³/mol. The SMILES string of the molecule is CNCCC1CCc2ccccc2N1CCO. The Hall–Kier alpha value is -1.06. The summed E-state index contributed by atoms with van der Waals surface area (Å²) in [6, 6.07) is 9.13. The number of hydrogen-bond acceptors (Lipinski definition) is 3. The topological polar surface area (TPSA) is 35.5 Å². The van der Waals surface area contributed by atoms with E-state index in [1.807, 2.05) is 7.05 Å². The van der Waals surface area contributed by atoms with Gasteiger partial charge in [-0.1, -0.05) is 18.2 Å². The van der Waals surface area contributed by atoms with Gasteiger partial charge >= 0.3 is 0 Å². The molecule has 1 aromatic rings. The molecular formula is C14H22N2O. The number of rotatable bonds is 5. The van der Waals surface area contributed by atoms with E-state index in [2.05, 4.69) is 34.5 Å². The Kier molecular flexibility index (Phi) is 4.40. The maximum atomic E-state index is 9.23. The molecule has 3 heteroatoms. The summed E-state index contributed by atoms with van der Waals surface area (Å²) in [6.45, 7) is 2.00. The standard InChI is InChI=1S/C14H22N2O/c1-15-9-8-13-7-6-12-4-2-3-5-14(12)16(13)10-11-17/h2-5,13,15,17H,6-11H2,1H3. The maximum Gasteiger partial charge on any atom is 0.0606 e. The van der Waals surface area contributed by atoms with Crippen LogP contribution in [0.15, 0.2) is 24.3 Å². The molecule has 0 saturated carbocycles. The van der Waals surface area contributed by atoms with Crippen molar-refractivity contribution in [3.8, 4) is 0 Å². The van der Waals surface area contributed by atoms with Crippen LogP contribution in [-0.2, 0) is 6.42 Å². The second kappa shape index (κ2) is 6.03. The fourth-order valence-electron chi connectivity index (χ4n) is 2.70. The first-order valence-corrected chi connectivity index (χ1v) is 6.47. The molecule has 1 unspecified atom stereocenters. The molecule has 1 aliphatic rings. The lowest BCUT2D eigenvalue weighted by Crippen LogP contribution is -2.42. The van der Waals surface area contributed by atoms with Crippen LogP contribution in [-0.4, -0.2) is 37.9 Å². The van der Waals surface area contributed by atoms with Crippen LogP contribution in [0.1, 0.15) is 18.4 Å². The fourth-order valence-corrected chi connectivity index (χ4v) is 2.70. The lowest BCUT2D eigenvalue weighted by Gasteiger charge is -2.38. The lowest BCUT2D eigenvalue weighted by molar-refractivity contribution is 0.293. The summed E-state index contributed by atoms with van der Waals surface area (Å²) in [6.07, 6.45) is 3.50. The van der Waals surface area contributed by atoms with Gasteiger partial charge in [0, 0.05) is 18.3 Å². The van der Waals surface area contributed by atoms with Crippen LogP contribution in [0.2, 0.25) is 0 Å². The average Bonchev–Trinajstić information content (AvgIpc) is 2.38. The number of benzene rings is 1. The van der Waals surface area contributed by atoms with Gasteiger partial charge in [-0.2, -0.15) is 0 Å². The van der Waals surface area contributed by atoms with E-state index < -0.39 is 0 Å². The molecule has 0 amide bonds. The number of nitrogens with zero attached hydrogens (tertiary/aromatic N) is 1. The highest BCUT2D eigenvalue weighted by Gasteiger charge is 2.24. The Morgan fingerprint density at radius 3 is 3.00 bits per heavy atom. The third-order valence-corrected chi connectivity index (χ3v) is 3.56. The van der Waals surface area contributed by atoms with Crippen LogP contribution in [0, 0.1) is 0 Å². The van der Waals surface area contributed by atoms with Crippen molar-refractivity contribution in [1.29, 1.82) is 0 Å². The number of para-hydroxylation sites is 1. The third-order valence-electron chi connectivity index (χ3n) is 3.56. The molecule has 3 nitrogen and oxygen atoms in total. The van der Waals surface area contributed by atoms with Crippen LogP contribution < -0.4 is 10.2 Å². The van der Waals surface area contributed by atoms with Gasteiger partial charge in [-0.25, -0.2) is 0 Å². The first kappa shape index (κ1) is 12.4. The molecule has 1 atom stereocenters. The van der Waals surface area contributed by atoms with Crippen LogP contribution in [0.5, 0.6) is 0 Å². The van der Waals surface area contributed by atoms with Crippen LogP contribution in [0.4, 0.5) is 5.69 Å². The molecule has 0 aromatic heterocycles. The highest BCUT2D eigenvalue weighted by molar-refractivity contribution is 5.56. The first-order chi connectivity index (χ1) is 8.36. The molecule has 0 aliphatic carbocycles. The zero-order valence-corrected chi connectivity index (χ0v) is 10.5. The average molecular weight is 234 g/mol. The van der Waals surface area contributed by atoms with Gasteiger partial charge in [0.05, 0.1) is 6.61 Å². The van der Waals surface area contributed by atoms with E-state index in [0.717, 1.165) is 25.9 Å². The van der Waals surface area contributed by atoms with Crippen molar-refractivity contribution >= 4 is 5.69 Å². The first-order valence-electron chi connectivity index (χ1n) is 6.47. The van der Waals surface area contributed by atoms with Crippen molar-refractivity contribution in [2.45, 2.75) is 25.3 Å². The van der Waals surface area contributed by atoms with E-state index in [0.29, 0.717) is 6.04 Å². The van der Waals surface area contributed by atoms with Crippen molar-refractivity contribution in [2.75, 3.05) is 31.6 Å². The largest absolute Gasteiger partial charge is 0.395 e. The smallest absolute Gasteiger partial charge is 0.0606 e. The zero-order valence-electron chi connectivity index (χ0n) is 10.5. The van der Waals surface area contributed by atoms with Crippen molar-refractivity contribution in [3.05, 3.63) is 29.8 Å². The summed E-state index contributed by atoms with van der Waals surface area (Å²) in [4.78, 5) is 2.37. The molecule has 17 heavy (non-hydrogen) atoms. The summed E-state index contributed by atoms with van der Waals surface area (Å²) in [7, 11) is 1.99. The Labute approximate surface area is 103 Å². The van der Waals surface area contributed by atoms with Gasteiger partial charge in [0.15, 0.2) is 0 Å². The maximum absolute atomic E-state index is 9.23. The highest BCUT2D eigenvalue weighted by Crippen LogP contribution is 2.31. The molecule has 1 aromatic carbocycles. The van der Waals surface area contributed by atoms with E-state index in [1.165, 1.54) is 17.7 Å². The van der Waals surface area contributed by atoms with Crippen molar-refractivity contribution in [2.24, 2.45) is 0 Å². The van der Waals surface area contributed by atoms with Crippen LogP contribution >= 0.6 is 0 Å². The minimum absolute atomic E-state index is 0.227. The monoisotopic (exact) mass is 234 g/mol. The third kappa shape index (κ3) is 2.79. The zero-order chi connectivity index (χ0) is 12.1. The molecule has 0 radical (unpaired) electrons. The number of nitrogens with one attached hydrogen (secondary N) is 1. The Morgan fingerprint density at radius 2 is 2.24 bits per heavy atom. The van der Waals surface area contributed by atoms with Crippen molar-refractivity contribution < 1.29 is 5.11 Å². The molecule has 0 bridgehead atoms. The lowest BCUT2D eigenvalue weighted by atomic mass is 9.94. The number of anilines is 1. The molecule has 0 saturated heterocycles. The van der Waals surface area contributed by atoms with Crippen molar-refractivity contribution in [3.63, 3.8) is 0 Å². The van der Waals surface area contributed by atoms with E-state index in [9.17, 15) is 5.11 Å². The Balaban J connectivity index is 2.16. The van der Waals surface area contributed by atoms with E-state index >= 15 is 0 Å². The van der Waals surface area contributed by atoms with Gasteiger partial charge in [-0.3, -0.25) is 0 Å². The second-order valence-electron chi connectivity index (χ2n) is 4.63. The van der Waals surface area contributed by atoms with Gasteiger partial charge in [0.1, 0.15) is 0 Å². The summed E-state index contributed by atoms with van der Waals surface area (Å²) in [5.41, 5.74) is 2.73. The predicted octanol–water partition coefficient (Wildman–Crippen LogP) is 1.41. The minimum Gasteiger partial charge on any atom is -0.395 e. The quantitative estimate of drug-likeness (QED) is 0.808. The molecular weight excluding hydrogens is 212 g/mol. The molecule has 0 spiro atoms. The van der Waals surface area contributed by atoms with Crippen LogP contribution in [0.3, 0.4) is 0 Å². The van der Waals surface area contributed by atoms with Crippen LogP contribution in [0.25, 0.3) is 0 Å². The van der Waals surface area contributed by atoms with Gasteiger partial charge in [-0.05, 0) is 44.5 Å². The Morgan fingerprint density at radius 1 is 1.41 bits per heavy atom. The normalized spacial score (nSPS) is 19.2. The number of aliphatic hydroxyl groups excluding tert-OH is 1. The van der Waals surface area contributed by atoms with Gasteiger partial charge in [0.25, 0.3) is 0 Å². The molecule has 1 heterocycles. The number of aliphatic hydroxyl groups is 1. The van der Waals surface area contributed by atoms with Gasteiger partial charge < -0.3 is 15.3 Å². The molecule has 94 valence electrons. The number of β-amino-alcohol motifs (C(OH)–C–C–N with tert-alkyl or cyclic N) is 1. The van der Waals surface area contributed by atoms with E-state index in [1.54, 1.807) is 0 Å². The number of hydrogen-bond donors (Lipinski definition) is 2. The highest BCUT2D eigenvalue weighted by atomic mass is 16.3. The summed E-state index contributed by atoms with van der Waals surface area (Å²) < 4.78 is 0. The van der Waals surface area contributed by atoms with Gasteiger partial charge in [0.2, 0.25) is 0 Å².